The molecule has 0 saturated heterocycles. The second-order valence-electron chi connectivity index (χ2n) is 5.61. The zero-order valence-electron chi connectivity index (χ0n) is 14.8. The molecule has 0 aliphatic heterocycles. The van der Waals surface area contributed by atoms with Crippen molar-refractivity contribution in [2.45, 2.75) is 13.0 Å². The van der Waals surface area contributed by atoms with Gasteiger partial charge in [0, 0.05) is 37.4 Å². The monoisotopic (exact) mass is 492 g/mol. The maximum absolute atomic E-state index is 11.8. The number of thiophene rings is 2. The van der Waals surface area contributed by atoms with Crippen molar-refractivity contribution in [3.63, 3.8) is 0 Å². The summed E-state index contributed by atoms with van der Waals surface area (Å²) in [4.78, 5) is 22.6. The maximum atomic E-state index is 11.8. The van der Waals surface area contributed by atoms with E-state index in [9.17, 15) is 4.79 Å². The number of carbonyl (C=O) groups excluding carboxylic acids is 1. The van der Waals surface area contributed by atoms with E-state index >= 15 is 0 Å². The van der Waals surface area contributed by atoms with Gasteiger partial charge in [-0.1, -0.05) is 12.1 Å². The van der Waals surface area contributed by atoms with Gasteiger partial charge in [0.15, 0.2) is 5.96 Å². The highest BCUT2D eigenvalue weighted by Gasteiger charge is 2.10. The molecular formula is C17H25IN4OS2. The van der Waals surface area contributed by atoms with Crippen LogP contribution in [0.3, 0.4) is 0 Å². The maximum Gasteiger partial charge on any atom is 0.243 e. The summed E-state index contributed by atoms with van der Waals surface area (Å²) in [6.07, 6.45) is 0.968. The van der Waals surface area contributed by atoms with E-state index in [0.29, 0.717) is 0 Å². The molecule has 2 heterocycles. The number of amides is 1. The molecule has 0 radical (unpaired) electrons. The lowest BCUT2D eigenvalue weighted by molar-refractivity contribution is -0.127. The molecule has 2 aromatic heterocycles. The van der Waals surface area contributed by atoms with Crippen molar-refractivity contribution in [3.8, 4) is 0 Å². The van der Waals surface area contributed by atoms with Crippen molar-refractivity contribution in [3.05, 3.63) is 44.8 Å². The highest BCUT2D eigenvalue weighted by molar-refractivity contribution is 14.0. The molecule has 1 N–H and O–H groups in total. The van der Waals surface area contributed by atoms with Gasteiger partial charge in [-0.2, -0.15) is 0 Å². The van der Waals surface area contributed by atoms with Crippen LogP contribution in [0.15, 0.2) is 40.0 Å². The Morgan fingerprint density at radius 2 is 1.76 bits per heavy atom. The molecule has 8 heteroatoms. The molecule has 0 spiro atoms. The number of hydrogen-bond donors (Lipinski definition) is 1. The van der Waals surface area contributed by atoms with Crippen molar-refractivity contribution in [2.24, 2.45) is 4.99 Å². The van der Waals surface area contributed by atoms with Crippen LogP contribution in [0.5, 0.6) is 0 Å². The van der Waals surface area contributed by atoms with E-state index in [1.165, 1.54) is 9.75 Å². The lowest BCUT2D eigenvalue weighted by atomic mass is 10.3. The third kappa shape index (κ3) is 7.74. The van der Waals surface area contributed by atoms with Crippen LogP contribution in [0.4, 0.5) is 0 Å². The molecule has 0 aliphatic rings. The predicted molar refractivity (Wildman–Crippen MR) is 118 cm³/mol. The number of aliphatic imine (C=N–C) groups is 1. The zero-order chi connectivity index (χ0) is 17.4. The summed E-state index contributed by atoms with van der Waals surface area (Å²) < 4.78 is 0. The van der Waals surface area contributed by atoms with Crippen LogP contribution in [-0.4, -0.2) is 55.9 Å². The lowest BCUT2D eigenvalue weighted by Gasteiger charge is -2.22. The first-order chi connectivity index (χ1) is 11.6. The van der Waals surface area contributed by atoms with Gasteiger partial charge in [0.2, 0.25) is 5.91 Å². The quantitative estimate of drug-likeness (QED) is 0.367. The molecular weight excluding hydrogens is 467 g/mol. The van der Waals surface area contributed by atoms with E-state index in [-0.39, 0.29) is 36.4 Å². The molecule has 25 heavy (non-hydrogen) atoms. The fourth-order valence-corrected chi connectivity index (χ4v) is 3.36. The number of rotatable bonds is 7. The van der Waals surface area contributed by atoms with Gasteiger partial charge >= 0.3 is 0 Å². The number of likely N-dealkylation sites (N-methyl/N-ethyl adjacent to an activating group) is 2. The molecule has 0 bridgehead atoms. The Bertz CT molecular complexity index is 642. The average molecular weight is 492 g/mol. The molecule has 2 rings (SSSR count). The Balaban J connectivity index is 0.00000312. The van der Waals surface area contributed by atoms with Gasteiger partial charge in [-0.25, -0.2) is 4.99 Å². The topological polar surface area (TPSA) is 47.9 Å². The minimum atomic E-state index is -0.00270. The Kier molecular flexibility index (Phi) is 10.1. The van der Waals surface area contributed by atoms with E-state index in [1.54, 1.807) is 41.7 Å². The Labute approximate surface area is 174 Å². The summed E-state index contributed by atoms with van der Waals surface area (Å²) in [5.74, 6) is 0.757. The number of carbonyl (C=O) groups is 1. The predicted octanol–water partition coefficient (Wildman–Crippen LogP) is 3.14. The number of nitrogens with zero attached hydrogens (tertiary/aromatic N) is 3. The number of hydrogen-bond acceptors (Lipinski definition) is 4. The summed E-state index contributed by atoms with van der Waals surface area (Å²) in [5.41, 5.74) is 0. The fraction of sp³-hybridized carbons (Fsp3) is 0.412. The summed E-state index contributed by atoms with van der Waals surface area (Å²) in [6, 6.07) is 8.34. The van der Waals surface area contributed by atoms with Crippen LogP contribution in [0.1, 0.15) is 9.75 Å². The molecule has 0 aliphatic carbocycles. The molecule has 138 valence electrons. The molecule has 1 amide bonds. The minimum Gasteiger partial charge on any atom is -0.351 e. The van der Waals surface area contributed by atoms with Crippen LogP contribution >= 0.6 is 46.7 Å². The average Bonchev–Trinajstić information content (AvgIpc) is 3.25. The van der Waals surface area contributed by atoms with E-state index in [4.69, 9.17) is 0 Å². The SMILES string of the molecule is CN(C)C(=O)CN=C(NCc1cccs1)N(C)CCc1cccs1.I. The van der Waals surface area contributed by atoms with Crippen LogP contribution in [0, 0.1) is 0 Å². The highest BCUT2D eigenvalue weighted by atomic mass is 127. The highest BCUT2D eigenvalue weighted by Crippen LogP contribution is 2.10. The Morgan fingerprint density at radius 1 is 1.12 bits per heavy atom. The number of nitrogens with one attached hydrogen (secondary N) is 1. The standard InChI is InChI=1S/C17H24N4OS2.HI/c1-20(2)16(22)13-19-17(18-12-15-7-5-11-24-15)21(3)9-8-14-6-4-10-23-14;/h4-7,10-11H,8-9,12-13H2,1-3H3,(H,18,19);1H. The second kappa shape index (κ2) is 11.5. The van der Waals surface area contributed by atoms with Crippen LogP contribution < -0.4 is 5.32 Å². The second-order valence-corrected chi connectivity index (χ2v) is 7.68. The first-order valence-electron chi connectivity index (χ1n) is 7.80. The first kappa shape index (κ1) is 21.9. The van der Waals surface area contributed by atoms with Gasteiger partial charge in [-0.3, -0.25) is 4.79 Å². The zero-order valence-corrected chi connectivity index (χ0v) is 18.7. The fourth-order valence-electron chi connectivity index (χ4n) is 2.01. The summed E-state index contributed by atoms with van der Waals surface area (Å²) in [6.45, 7) is 1.73. The number of guanidine groups is 1. The van der Waals surface area contributed by atoms with Crippen molar-refractivity contribution < 1.29 is 4.79 Å². The van der Waals surface area contributed by atoms with Crippen LogP contribution in [0.2, 0.25) is 0 Å². The number of halogens is 1. The third-order valence-corrected chi connectivity index (χ3v) is 5.31. The van der Waals surface area contributed by atoms with Crippen molar-refractivity contribution in [1.82, 2.24) is 15.1 Å². The van der Waals surface area contributed by atoms with E-state index in [2.05, 4.69) is 44.2 Å². The molecule has 0 unspecified atom stereocenters. The van der Waals surface area contributed by atoms with Gasteiger partial charge in [0.05, 0.1) is 6.54 Å². The molecule has 0 fully saturated rings. The molecule has 5 nitrogen and oxygen atoms in total. The van der Waals surface area contributed by atoms with E-state index in [0.717, 1.165) is 25.5 Å². The van der Waals surface area contributed by atoms with E-state index < -0.39 is 0 Å². The first-order valence-corrected chi connectivity index (χ1v) is 9.56. The third-order valence-electron chi connectivity index (χ3n) is 3.50. The van der Waals surface area contributed by atoms with Crippen molar-refractivity contribution in [1.29, 1.82) is 0 Å². The van der Waals surface area contributed by atoms with Crippen molar-refractivity contribution in [2.75, 3.05) is 34.2 Å². The van der Waals surface area contributed by atoms with Gasteiger partial charge in [-0.05, 0) is 29.3 Å². The van der Waals surface area contributed by atoms with Gasteiger partial charge in [0.1, 0.15) is 6.54 Å². The van der Waals surface area contributed by atoms with Crippen LogP contribution in [0.25, 0.3) is 0 Å². The smallest absolute Gasteiger partial charge is 0.243 e. The summed E-state index contributed by atoms with van der Waals surface area (Å²) in [7, 11) is 5.50. The summed E-state index contributed by atoms with van der Waals surface area (Å²) >= 11 is 3.47. The Morgan fingerprint density at radius 3 is 2.32 bits per heavy atom. The molecule has 0 saturated carbocycles. The van der Waals surface area contributed by atoms with E-state index in [1.807, 2.05) is 13.1 Å². The van der Waals surface area contributed by atoms with Crippen molar-refractivity contribution >= 4 is 58.5 Å². The largest absolute Gasteiger partial charge is 0.351 e. The molecule has 2 aromatic rings. The van der Waals surface area contributed by atoms with Gasteiger partial charge < -0.3 is 15.1 Å². The van der Waals surface area contributed by atoms with Gasteiger partial charge in [-0.15, -0.1) is 46.7 Å². The van der Waals surface area contributed by atoms with Crippen LogP contribution in [-0.2, 0) is 17.8 Å². The minimum absolute atomic E-state index is 0. The summed E-state index contributed by atoms with van der Waals surface area (Å²) in [5, 5.41) is 7.52. The normalized spacial score (nSPS) is 10.9. The Hall–Kier alpha value is -1.13. The lowest BCUT2D eigenvalue weighted by Crippen LogP contribution is -2.40. The molecule has 0 aromatic carbocycles. The van der Waals surface area contributed by atoms with Gasteiger partial charge in [0.25, 0.3) is 0 Å². The molecule has 0 atom stereocenters.